The normalized spacial score (nSPS) is 12.5. The topological polar surface area (TPSA) is 12.9 Å². The second-order valence-corrected chi connectivity index (χ2v) is 16.0. The summed E-state index contributed by atoms with van der Waals surface area (Å²) in [4.78, 5) is 4.78. The third-order valence-corrected chi connectivity index (χ3v) is 12.5. The summed E-state index contributed by atoms with van der Waals surface area (Å²) in [7, 11) is -2.18. The van der Waals surface area contributed by atoms with Gasteiger partial charge in [-0.2, -0.15) is 0 Å². The first kappa shape index (κ1) is 22.0. The summed E-state index contributed by atoms with van der Waals surface area (Å²) < 4.78 is 17.7. The molecule has 0 radical (unpaired) electrons. The van der Waals surface area contributed by atoms with Crippen molar-refractivity contribution in [1.29, 1.82) is 0 Å². The number of fused-ring (bicyclic) bond motifs is 2. The van der Waals surface area contributed by atoms with Gasteiger partial charge in [0.1, 0.15) is 13.9 Å². The monoisotopic (exact) mass is 469 g/mol. The molecule has 5 rings (SSSR count). The van der Waals surface area contributed by atoms with E-state index in [1.165, 1.54) is 21.5 Å². The van der Waals surface area contributed by atoms with Gasteiger partial charge in [-0.3, -0.25) is 4.98 Å². The predicted octanol–water partition coefficient (Wildman–Crippen LogP) is 7.38. The summed E-state index contributed by atoms with van der Waals surface area (Å²) in [5.74, 6) is -0.0731. The van der Waals surface area contributed by atoms with Crippen LogP contribution in [0.3, 0.4) is 0 Å². The van der Waals surface area contributed by atoms with Crippen molar-refractivity contribution in [2.45, 2.75) is 39.3 Å². The molecule has 2 aromatic heterocycles. The van der Waals surface area contributed by atoms with E-state index in [0.29, 0.717) is 5.39 Å². The largest absolute Gasteiger partial charge is 0.255 e. The minimum absolute atomic E-state index is 0.0163. The van der Waals surface area contributed by atoms with Crippen molar-refractivity contribution < 1.29 is 4.39 Å². The highest BCUT2D eigenvalue weighted by Crippen LogP contribution is 2.38. The van der Waals surface area contributed by atoms with Crippen LogP contribution in [-0.2, 0) is 5.41 Å². The van der Waals surface area contributed by atoms with Crippen LogP contribution < -0.4 is 9.69 Å². The summed E-state index contributed by atoms with van der Waals surface area (Å²) in [6, 6.07) is 25.2. The molecule has 3 aromatic carbocycles. The van der Waals surface area contributed by atoms with E-state index in [9.17, 15) is 0 Å². The van der Waals surface area contributed by atoms with Crippen molar-refractivity contribution in [2.75, 3.05) is 0 Å². The summed E-state index contributed by atoms with van der Waals surface area (Å²) in [6.07, 6.45) is 1.75. The lowest BCUT2D eigenvalue weighted by atomic mass is 9.82. The van der Waals surface area contributed by atoms with E-state index in [1.807, 2.05) is 24.3 Å². The fourth-order valence-corrected chi connectivity index (χ4v) is 9.25. The summed E-state index contributed by atoms with van der Waals surface area (Å²) >= 11 is 1.59. The lowest BCUT2D eigenvalue weighted by molar-refractivity contribution is 0.596. The molecule has 0 aliphatic carbocycles. The van der Waals surface area contributed by atoms with Crippen LogP contribution in [0.2, 0.25) is 13.1 Å². The van der Waals surface area contributed by atoms with Crippen LogP contribution in [-0.4, -0.2) is 13.1 Å². The molecule has 0 aliphatic rings. The maximum Gasteiger partial charge on any atom is 0.141 e. The second kappa shape index (κ2) is 7.89. The number of rotatable bonds is 3. The van der Waals surface area contributed by atoms with Gasteiger partial charge in [0.25, 0.3) is 0 Å². The van der Waals surface area contributed by atoms with E-state index < -0.39 is 8.07 Å². The first-order chi connectivity index (χ1) is 15.7. The summed E-state index contributed by atoms with van der Waals surface area (Å²) in [6.45, 7) is 11.2. The van der Waals surface area contributed by atoms with Gasteiger partial charge in [-0.1, -0.05) is 93.6 Å². The Hall–Kier alpha value is -2.82. The zero-order chi connectivity index (χ0) is 23.4. The summed E-state index contributed by atoms with van der Waals surface area (Å²) in [5.41, 5.74) is 3.19. The molecule has 5 aromatic rings. The molecule has 0 aliphatic heterocycles. The van der Waals surface area contributed by atoms with Gasteiger partial charge >= 0.3 is 0 Å². The molecular weight excluding hydrogens is 441 g/mol. The molecule has 2 heterocycles. The zero-order valence-corrected chi connectivity index (χ0v) is 21.6. The first-order valence-electron chi connectivity index (χ1n) is 11.3. The number of thiophene rings is 1. The fourth-order valence-electron chi connectivity index (χ4n) is 4.65. The van der Waals surface area contributed by atoms with E-state index in [-0.39, 0.29) is 11.2 Å². The van der Waals surface area contributed by atoms with Crippen molar-refractivity contribution in [3.63, 3.8) is 0 Å². The molecule has 0 saturated carbocycles. The van der Waals surface area contributed by atoms with E-state index in [1.54, 1.807) is 17.5 Å². The maximum atomic E-state index is 15.8. The Morgan fingerprint density at radius 3 is 2.27 bits per heavy atom. The van der Waals surface area contributed by atoms with Crippen LogP contribution in [0.1, 0.15) is 26.3 Å². The molecule has 4 heteroatoms. The highest BCUT2D eigenvalue weighted by Gasteiger charge is 2.33. The molecule has 0 amide bonds. The Labute approximate surface area is 200 Å². The van der Waals surface area contributed by atoms with Gasteiger partial charge in [0.15, 0.2) is 0 Å². The first-order valence-corrected chi connectivity index (χ1v) is 15.2. The Kier molecular flexibility index (Phi) is 5.26. The SMILES string of the molecule is CC(C)(C)c1cc(-c2nccc3c(F)c([Si](C)(C)c4ccccc4)sc23)cc2ccccc12. The number of pyridine rings is 1. The third kappa shape index (κ3) is 3.71. The quantitative estimate of drug-likeness (QED) is 0.251. The molecule has 0 fully saturated rings. The van der Waals surface area contributed by atoms with Crippen molar-refractivity contribution in [2.24, 2.45) is 0 Å². The average Bonchev–Trinajstić information content (AvgIpc) is 3.16. The highest BCUT2D eigenvalue weighted by molar-refractivity contribution is 7.33. The molecule has 0 unspecified atom stereocenters. The second-order valence-electron chi connectivity index (χ2n) is 10.3. The number of hydrogen-bond donors (Lipinski definition) is 0. The van der Waals surface area contributed by atoms with Crippen LogP contribution >= 0.6 is 11.3 Å². The molecule has 33 heavy (non-hydrogen) atoms. The number of aromatic nitrogens is 1. The van der Waals surface area contributed by atoms with Crippen molar-refractivity contribution >= 4 is 50.0 Å². The number of hydrogen-bond acceptors (Lipinski definition) is 2. The minimum atomic E-state index is -2.18. The average molecular weight is 470 g/mol. The van der Waals surface area contributed by atoms with Crippen molar-refractivity contribution in [1.82, 2.24) is 4.98 Å². The third-order valence-electron chi connectivity index (χ3n) is 6.55. The van der Waals surface area contributed by atoms with E-state index >= 15 is 4.39 Å². The zero-order valence-electron chi connectivity index (χ0n) is 19.7. The van der Waals surface area contributed by atoms with Gasteiger partial charge in [-0.25, -0.2) is 4.39 Å². The molecule has 0 bridgehead atoms. The van der Waals surface area contributed by atoms with E-state index in [0.717, 1.165) is 20.5 Å². The number of benzene rings is 3. The Morgan fingerprint density at radius 1 is 0.848 bits per heavy atom. The molecule has 1 nitrogen and oxygen atoms in total. The summed E-state index contributed by atoms with van der Waals surface area (Å²) in [5, 5.41) is 4.37. The van der Waals surface area contributed by atoms with Gasteiger partial charge in [-0.05, 0) is 39.9 Å². The van der Waals surface area contributed by atoms with Gasteiger partial charge in [0, 0.05) is 21.6 Å². The molecule has 166 valence electrons. The lowest BCUT2D eigenvalue weighted by Gasteiger charge is -2.23. The van der Waals surface area contributed by atoms with Crippen LogP contribution in [0.5, 0.6) is 0 Å². The van der Waals surface area contributed by atoms with Gasteiger partial charge in [0.05, 0.1) is 10.4 Å². The van der Waals surface area contributed by atoms with Crippen LogP contribution in [0.4, 0.5) is 4.39 Å². The smallest absolute Gasteiger partial charge is 0.141 e. The molecule has 0 saturated heterocycles. The number of nitrogens with zero attached hydrogens (tertiary/aromatic N) is 1. The van der Waals surface area contributed by atoms with Crippen molar-refractivity contribution in [3.05, 3.63) is 90.4 Å². The standard InChI is InChI=1S/C29H28FNSSi/c1-29(2,3)24-18-20(17-19-11-9-10-14-22(19)24)26-27-23(15-16-31-26)25(30)28(32-27)33(4,5)21-12-7-6-8-13-21/h6-18H,1-5H3. The molecule has 0 spiro atoms. The maximum absolute atomic E-state index is 15.8. The lowest BCUT2D eigenvalue weighted by Crippen LogP contribution is -2.52. The molecular formula is C29H28FNSSi. The van der Waals surface area contributed by atoms with Crippen LogP contribution in [0, 0.1) is 5.82 Å². The Balaban J connectivity index is 1.76. The van der Waals surface area contributed by atoms with E-state index in [2.05, 4.69) is 82.4 Å². The predicted molar refractivity (Wildman–Crippen MR) is 144 cm³/mol. The van der Waals surface area contributed by atoms with Crippen LogP contribution in [0.15, 0.2) is 79.0 Å². The Morgan fingerprint density at radius 2 is 1.55 bits per heavy atom. The van der Waals surface area contributed by atoms with Gasteiger partial charge in [-0.15, -0.1) is 11.3 Å². The van der Waals surface area contributed by atoms with Crippen LogP contribution in [0.25, 0.3) is 32.1 Å². The Bertz CT molecular complexity index is 1480. The van der Waals surface area contributed by atoms with Gasteiger partial charge in [0.2, 0.25) is 0 Å². The van der Waals surface area contributed by atoms with Crippen molar-refractivity contribution in [3.8, 4) is 11.3 Å². The minimum Gasteiger partial charge on any atom is -0.255 e. The molecule has 0 N–H and O–H groups in total. The fraction of sp³-hybridized carbons (Fsp3) is 0.207. The van der Waals surface area contributed by atoms with Gasteiger partial charge < -0.3 is 0 Å². The van der Waals surface area contributed by atoms with E-state index in [4.69, 9.17) is 4.98 Å². The number of halogens is 1. The molecule has 0 atom stereocenters. The highest BCUT2D eigenvalue weighted by atomic mass is 32.1.